The largest absolute Gasteiger partial charge is 0.434 e. The molecule has 0 saturated carbocycles. The Morgan fingerprint density at radius 2 is 1.64 bits per heavy atom. The molecule has 0 bridgehead atoms. The average Bonchev–Trinajstić information content (AvgIpc) is 2.79. The Balaban J connectivity index is 1.56. The van der Waals surface area contributed by atoms with Crippen LogP contribution in [0.4, 0.5) is 21.6 Å². The lowest BCUT2D eigenvalue weighted by atomic mass is 10.2. The Kier molecular flexibility index (Phi) is 6.09. The van der Waals surface area contributed by atoms with Crippen LogP contribution in [-0.2, 0) is 9.84 Å². The van der Waals surface area contributed by atoms with Gasteiger partial charge in [-0.25, -0.2) is 17.8 Å². The first kappa shape index (κ1) is 22.4. The molecule has 10 nitrogen and oxygen atoms in total. The van der Waals surface area contributed by atoms with Crippen LogP contribution in [0.2, 0.25) is 0 Å². The molecule has 172 valence electrons. The smallest absolute Gasteiger partial charge is 0.373 e. The van der Waals surface area contributed by atoms with Crippen LogP contribution in [0, 0.1) is 15.9 Å². The van der Waals surface area contributed by atoms with Crippen molar-refractivity contribution in [1.82, 2.24) is 9.97 Å². The van der Waals surface area contributed by atoms with Crippen molar-refractivity contribution in [3.8, 4) is 11.6 Å². The summed E-state index contributed by atoms with van der Waals surface area (Å²) in [5, 5.41) is 11.9. The fraction of sp³-hybridized carbons (Fsp3) is 0.238. The second-order valence-corrected chi connectivity index (χ2v) is 9.40. The zero-order chi connectivity index (χ0) is 23.6. The van der Waals surface area contributed by atoms with Gasteiger partial charge in [0.05, 0.1) is 15.5 Å². The summed E-state index contributed by atoms with van der Waals surface area (Å²) in [6.07, 6.45) is 2.25. The standard InChI is InChI=1S/C21H20FN5O5S/c1-33(30,31)16-8-6-15(7-9-16)32-21-19(27(28)29)20(23-14-24-21)26-12-10-25(11-13-26)18-5-3-2-4-17(18)22/h2-9,14H,10-13H2,1H3. The number of rotatable bonds is 6. The van der Waals surface area contributed by atoms with E-state index in [-0.39, 0.29) is 28.2 Å². The molecule has 1 saturated heterocycles. The Labute approximate surface area is 189 Å². The average molecular weight is 473 g/mol. The molecule has 0 aliphatic carbocycles. The minimum Gasteiger partial charge on any atom is -0.434 e. The van der Waals surface area contributed by atoms with Gasteiger partial charge in [-0.2, -0.15) is 4.98 Å². The fourth-order valence-electron chi connectivity index (χ4n) is 3.55. The molecule has 1 aromatic heterocycles. The molecule has 2 heterocycles. The highest BCUT2D eigenvalue weighted by atomic mass is 32.2. The lowest BCUT2D eigenvalue weighted by Gasteiger charge is -2.36. The Hall–Kier alpha value is -3.80. The maximum absolute atomic E-state index is 14.1. The Bertz CT molecular complexity index is 1280. The lowest BCUT2D eigenvalue weighted by Crippen LogP contribution is -2.47. The number of anilines is 2. The van der Waals surface area contributed by atoms with E-state index >= 15 is 0 Å². The SMILES string of the molecule is CS(=O)(=O)c1ccc(Oc2ncnc(N3CCN(c4ccccc4F)CC3)c2[N+](=O)[O-])cc1. The molecule has 0 spiro atoms. The molecule has 0 atom stereocenters. The quantitative estimate of drug-likeness (QED) is 0.393. The van der Waals surface area contributed by atoms with E-state index in [1.165, 1.54) is 36.7 Å². The minimum atomic E-state index is -3.39. The molecule has 12 heteroatoms. The van der Waals surface area contributed by atoms with Gasteiger partial charge < -0.3 is 14.5 Å². The summed E-state index contributed by atoms with van der Waals surface area (Å²) in [6, 6.07) is 12.0. The second-order valence-electron chi connectivity index (χ2n) is 7.38. The highest BCUT2D eigenvalue weighted by Crippen LogP contribution is 2.36. The third-order valence-electron chi connectivity index (χ3n) is 5.19. The van der Waals surface area contributed by atoms with Crippen LogP contribution in [-0.4, -0.2) is 55.7 Å². The van der Waals surface area contributed by atoms with Gasteiger partial charge in [0, 0.05) is 32.4 Å². The van der Waals surface area contributed by atoms with Gasteiger partial charge in [0.25, 0.3) is 0 Å². The first-order valence-electron chi connectivity index (χ1n) is 9.96. The van der Waals surface area contributed by atoms with Gasteiger partial charge in [-0.1, -0.05) is 12.1 Å². The number of halogens is 1. The van der Waals surface area contributed by atoms with Crippen LogP contribution in [0.1, 0.15) is 0 Å². The molecule has 1 aliphatic rings. The van der Waals surface area contributed by atoms with Gasteiger partial charge in [0.2, 0.25) is 5.82 Å². The van der Waals surface area contributed by atoms with E-state index in [0.717, 1.165) is 6.26 Å². The summed E-state index contributed by atoms with van der Waals surface area (Å²) >= 11 is 0. The predicted octanol–water partition coefficient (Wildman–Crippen LogP) is 3.05. The van der Waals surface area contributed by atoms with Crippen molar-refractivity contribution >= 4 is 27.0 Å². The summed E-state index contributed by atoms with van der Waals surface area (Å²) < 4.78 is 42.9. The maximum Gasteiger partial charge on any atom is 0.373 e. The molecular weight excluding hydrogens is 453 g/mol. The first-order chi connectivity index (χ1) is 15.7. The molecular formula is C21H20FN5O5S. The number of benzene rings is 2. The van der Waals surface area contributed by atoms with Crippen molar-refractivity contribution in [2.24, 2.45) is 0 Å². The number of nitrogens with zero attached hydrogens (tertiary/aromatic N) is 5. The molecule has 3 aromatic rings. The lowest BCUT2D eigenvalue weighted by molar-refractivity contribution is -0.385. The Morgan fingerprint density at radius 3 is 2.24 bits per heavy atom. The van der Waals surface area contributed by atoms with Crippen LogP contribution in [0.25, 0.3) is 0 Å². The third kappa shape index (κ3) is 4.85. The molecule has 1 fully saturated rings. The van der Waals surface area contributed by atoms with Crippen molar-refractivity contribution in [1.29, 1.82) is 0 Å². The zero-order valence-corrected chi connectivity index (χ0v) is 18.4. The number of aromatic nitrogens is 2. The summed E-state index contributed by atoms with van der Waals surface area (Å²) in [6.45, 7) is 1.67. The first-order valence-corrected chi connectivity index (χ1v) is 11.8. The molecule has 1 aliphatic heterocycles. The number of ether oxygens (including phenoxy) is 1. The summed E-state index contributed by atoms with van der Waals surface area (Å²) in [5.74, 6) is -0.282. The van der Waals surface area contributed by atoms with Crippen LogP contribution in [0.3, 0.4) is 0 Å². The second kappa shape index (κ2) is 8.98. The van der Waals surface area contributed by atoms with Crippen molar-refractivity contribution < 1.29 is 22.5 Å². The highest BCUT2D eigenvalue weighted by Gasteiger charge is 2.31. The zero-order valence-electron chi connectivity index (χ0n) is 17.6. The van der Waals surface area contributed by atoms with Gasteiger partial charge in [0.1, 0.15) is 17.9 Å². The topological polar surface area (TPSA) is 119 Å². The maximum atomic E-state index is 14.1. The fourth-order valence-corrected chi connectivity index (χ4v) is 4.18. The van der Waals surface area contributed by atoms with Crippen LogP contribution < -0.4 is 14.5 Å². The van der Waals surface area contributed by atoms with Crippen molar-refractivity contribution in [3.05, 3.63) is 70.8 Å². The van der Waals surface area contributed by atoms with E-state index in [2.05, 4.69) is 9.97 Å². The number of nitro groups is 1. The van der Waals surface area contributed by atoms with Crippen LogP contribution in [0.15, 0.2) is 59.8 Å². The Morgan fingerprint density at radius 1 is 1.00 bits per heavy atom. The summed E-state index contributed by atoms with van der Waals surface area (Å²) in [4.78, 5) is 23.0. The van der Waals surface area contributed by atoms with Crippen LogP contribution >= 0.6 is 0 Å². The highest BCUT2D eigenvalue weighted by molar-refractivity contribution is 7.90. The van der Waals surface area contributed by atoms with Crippen molar-refractivity contribution in [3.63, 3.8) is 0 Å². The van der Waals surface area contributed by atoms with Gasteiger partial charge in [0.15, 0.2) is 9.84 Å². The molecule has 0 radical (unpaired) electrons. The molecule has 4 rings (SSSR count). The van der Waals surface area contributed by atoms with Gasteiger partial charge >= 0.3 is 11.6 Å². The van der Waals surface area contributed by atoms with E-state index in [9.17, 15) is 22.9 Å². The molecule has 2 aromatic carbocycles. The molecule has 0 N–H and O–H groups in total. The molecule has 33 heavy (non-hydrogen) atoms. The minimum absolute atomic E-state index is 0.0976. The van der Waals surface area contributed by atoms with Gasteiger partial charge in [-0.15, -0.1) is 0 Å². The normalized spacial score (nSPS) is 14.2. The third-order valence-corrected chi connectivity index (χ3v) is 6.32. The van der Waals surface area contributed by atoms with Crippen LogP contribution in [0.5, 0.6) is 11.6 Å². The number of para-hydroxylation sites is 1. The van der Waals surface area contributed by atoms with E-state index < -0.39 is 20.4 Å². The van der Waals surface area contributed by atoms with Gasteiger partial charge in [-0.3, -0.25) is 10.1 Å². The predicted molar refractivity (Wildman–Crippen MR) is 119 cm³/mol. The monoisotopic (exact) mass is 473 g/mol. The number of hydrogen-bond donors (Lipinski definition) is 0. The number of hydrogen-bond acceptors (Lipinski definition) is 9. The van der Waals surface area contributed by atoms with Gasteiger partial charge in [-0.05, 0) is 36.4 Å². The van der Waals surface area contributed by atoms with E-state index in [1.807, 2.05) is 4.90 Å². The van der Waals surface area contributed by atoms with Crippen molar-refractivity contribution in [2.75, 3.05) is 42.2 Å². The summed E-state index contributed by atoms with van der Waals surface area (Å²) in [7, 11) is -3.39. The summed E-state index contributed by atoms with van der Waals surface area (Å²) in [5.41, 5.74) is 0.0833. The van der Waals surface area contributed by atoms with E-state index in [0.29, 0.717) is 31.9 Å². The number of piperazine rings is 1. The van der Waals surface area contributed by atoms with E-state index in [4.69, 9.17) is 4.74 Å². The molecule has 0 amide bonds. The molecule has 0 unspecified atom stereocenters. The number of sulfone groups is 1. The van der Waals surface area contributed by atoms with E-state index in [1.54, 1.807) is 23.1 Å². The van der Waals surface area contributed by atoms with Crippen molar-refractivity contribution in [2.45, 2.75) is 4.90 Å².